The number of hydrogen-bond acceptors (Lipinski definition) is 3. The molecule has 70 valence electrons. The fourth-order valence-corrected chi connectivity index (χ4v) is 1.04. The van der Waals surface area contributed by atoms with Crippen molar-refractivity contribution in [2.24, 2.45) is 0 Å². The quantitative estimate of drug-likeness (QED) is 0.603. The number of hydrogen-bond donors (Lipinski definition) is 3. The third-order valence-electron chi connectivity index (χ3n) is 1.79. The first-order valence-electron chi connectivity index (χ1n) is 3.84. The predicted molar refractivity (Wildman–Crippen MR) is 46.1 cm³/mol. The fraction of sp³-hybridized carbons (Fsp3) is 0.222. The maximum absolute atomic E-state index is 10.6. The zero-order valence-electron chi connectivity index (χ0n) is 7.11. The Balaban J connectivity index is 3.33. The average Bonchev–Trinajstić information content (AvgIpc) is 2.09. The van der Waals surface area contributed by atoms with Gasteiger partial charge in [-0.25, -0.2) is 4.79 Å². The minimum atomic E-state index is -1.25. The molecule has 0 amide bonds. The van der Waals surface area contributed by atoms with Crippen molar-refractivity contribution in [3.63, 3.8) is 0 Å². The largest absolute Gasteiger partial charge is 0.504 e. The standard InChI is InChI=1S/C9H10O4/c1-2-5-3-6(9(12)13)8(11)7(10)4-5/h3-4,10-11H,2H2,1H3,(H,12,13). The van der Waals surface area contributed by atoms with E-state index in [9.17, 15) is 4.79 Å². The Hall–Kier alpha value is -1.71. The molecule has 0 aliphatic carbocycles. The minimum absolute atomic E-state index is 0.267. The first-order chi connectivity index (χ1) is 6.06. The van der Waals surface area contributed by atoms with Crippen LogP contribution in [-0.4, -0.2) is 21.3 Å². The van der Waals surface area contributed by atoms with Gasteiger partial charge < -0.3 is 15.3 Å². The predicted octanol–water partition coefficient (Wildman–Crippen LogP) is 1.36. The summed E-state index contributed by atoms with van der Waals surface area (Å²) in [6.45, 7) is 1.83. The third-order valence-corrected chi connectivity index (χ3v) is 1.79. The topological polar surface area (TPSA) is 77.8 Å². The highest BCUT2D eigenvalue weighted by Crippen LogP contribution is 2.30. The molecule has 0 unspecified atom stereocenters. The van der Waals surface area contributed by atoms with E-state index in [0.717, 1.165) is 0 Å². The highest BCUT2D eigenvalue weighted by atomic mass is 16.4. The van der Waals surface area contributed by atoms with Crippen LogP contribution in [0.25, 0.3) is 0 Å². The van der Waals surface area contributed by atoms with Crippen LogP contribution in [0.5, 0.6) is 11.5 Å². The zero-order chi connectivity index (χ0) is 10.0. The van der Waals surface area contributed by atoms with Gasteiger partial charge >= 0.3 is 5.97 Å². The van der Waals surface area contributed by atoms with E-state index in [-0.39, 0.29) is 5.56 Å². The summed E-state index contributed by atoms with van der Waals surface area (Å²) in [7, 11) is 0. The van der Waals surface area contributed by atoms with Gasteiger partial charge in [-0.15, -0.1) is 0 Å². The van der Waals surface area contributed by atoms with Gasteiger partial charge in [-0.3, -0.25) is 0 Å². The van der Waals surface area contributed by atoms with E-state index in [1.165, 1.54) is 12.1 Å². The van der Waals surface area contributed by atoms with Gasteiger partial charge in [0.05, 0.1) is 0 Å². The van der Waals surface area contributed by atoms with Crippen LogP contribution in [-0.2, 0) is 6.42 Å². The highest BCUT2D eigenvalue weighted by molar-refractivity contribution is 5.92. The van der Waals surface area contributed by atoms with Gasteiger partial charge in [0, 0.05) is 0 Å². The van der Waals surface area contributed by atoms with Crippen LogP contribution in [0.15, 0.2) is 12.1 Å². The third kappa shape index (κ3) is 1.72. The van der Waals surface area contributed by atoms with Crippen LogP contribution in [0, 0.1) is 0 Å². The molecule has 13 heavy (non-hydrogen) atoms. The van der Waals surface area contributed by atoms with Crippen LogP contribution in [0.1, 0.15) is 22.8 Å². The summed E-state index contributed by atoms with van der Waals surface area (Å²) in [4.78, 5) is 10.6. The van der Waals surface area contributed by atoms with Gasteiger partial charge in [0.25, 0.3) is 0 Å². The molecule has 0 spiro atoms. The normalized spacial score (nSPS) is 9.92. The van der Waals surface area contributed by atoms with Crippen LogP contribution in [0.3, 0.4) is 0 Å². The number of aromatic hydroxyl groups is 2. The number of aryl methyl sites for hydroxylation is 1. The molecular weight excluding hydrogens is 172 g/mol. The monoisotopic (exact) mass is 182 g/mol. The summed E-state index contributed by atoms with van der Waals surface area (Å²) in [5, 5.41) is 26.9. The van der Waals surface area contributed by atoms with E-state index in [1.54, 1.807) is 0 Å². The van der Waals surface area contributed by atoms with Gasteiger partial charge in [-0.1, -0.05) is 6.92 Å². The Bertz CT molecular complexity index is 344. The van der Waals surface area contributed by atoms with Crippen LogP contribution < -0.4 is 0 Å². The van der Waals surface area contributed by atoms with Gasteiger partial charge in [0.1, 0.15) is 5.56 Å². The van der Waals surface area contributed by atoms with Gasteiger partial charge in [-0.2, -0.15) is 0 Å². The first kappa shape index (κ1) is 9.38. The zero-order valence-corrected chi connectivity index (χ0v) is 7.11. The number of aromatic carboxylic acids is 1. The Morgan fingerprint density at radius 2 is 2.00 bits per heavy atom. The van der Waals surface area contributed by atoms with Crippen molar-refractivity contribution in [3.8, 4) is 11.5 Å². The molecule has 0 aliphatic heterocycles. The summed E-state index contributed by atoms with van der Waals surface area (Å²) in [6, 6.07) is 2.69. The van der Waals surface area contributed by atoms with Crippen molar-refractivity contribution in [3.05, 3.63) is 23.3 Å². The van der Waals surface area contributed by atoms with Crippen molar-refractivity contribution in [2.75, 3.05) is 0 Å². The van der Waals surface area contributed by atoms with E-state index in [1.807, 2.05) is 6.92 Å². The lowest BCUT2D eigenvalue weighted by atomic mass is 10.1. The van der Waals surface area contributed by atoms with Crippen molar-refractivity contribution in [1.82, 2.24) is 0 Å². The molecule has 0 radical (unpaired) electrons. The Morgan fingerprint density at radius 1 is 1.38 bits per heavy atom. The average molecular weight is 182 g/mol. The SMILES string of the molecule is CCc1cc(O)c(O)c(C(=O)O)c1. The lowest BCUT2D eigenvalue weighted by Gasteiger charge is -2.04. The van der Waals surface area contributed by atoms with Crippen molar-refractivity contribution >= 4 is 5.97 Å². The number of carboxylic acid groups (broad SMARTS) is 1. The summed E-state index contributed by atoms with van der Waals surface area (Å²) < 4.78 is 0. The highest BCUT2D eigenvalue weighted by Gasteiger charge is 2.14. The van der Waals surface area contributed by atoms with Crippen molar-refractivity contribution in [2.45, 2.75) is 13.3 Å². The number of rotatable bonds is 2. The molecule has 1 rings (SSSR count). The van der Waals surface area contributed by atoms with Gasteiger partial charge in [0.2, 0.25) is 0 Å². The number of benzene rings is 1. The maximum Gasteiger partial charge on any atom is 0.339 e. The fourth-order valence-electron chi connectivity index (χ4n) is 1.04. The number of carboxylic acids is 1. The summed E-state index contributed by atoms with van der Waals surface area (Å²) in [5.41, 5.74) is 0.407. The molecule has 0 aliphatic rings. The molecule has 0 aromatic heterocycles. The van der Waals surface area contributed by atoms with Crippen molar-refractivity contribution in [1.29, 1.82) is 0 Å². The van der Waals surface area contributed by atoms with Gasteiger partial charge in [-0.05, 0) is 24.1 Å². The summed E-state index contributed by atoms with van der Waals surface area (Å²) in [5.74, 6) is -2.22. The van der Waals surface area contributed by atoms with Crippen LogP contribution in [0.2, 0.25) is 0 Å². The molecule has 0 saturated heterocycles. The maximum atomic E-state index is 10.6. The van der Waals surface area contributed by atoms with E-state index < -0.39 is 17.5 Å². The molecule has 4 nitrogen and oxygen atoms in total. The van der Waals surface area contributed by atoms with Crippen LogP contribution >= 0.6 is 0 Å². The lowest BCUT2D eigenvalue weighted by Crippen LogP contribution is -1.98. The van der Waals surface area contributed by atoms with E-state index in [0.29, 0.717) is 12.0 Å². The minimum Gasteiger partial charge on any atom is -0.504 e. The molecule has 0 atom stereocenters. The second kappa shape index (κ2) is 3.35. The first-order valence-corrected chi connectivity index (χ1v) is 3.84. The van der Waals surface area contributed by atoms with Crippen LogP contribution in [0.4, 0.5) is 0 Å². The number of phenolic OH excluding ortho intramolecular Hbond substituents is 1. The van der Waals surface area contributed by atoms with E-state index in [2.05, 4.69) is 0 Å². The molecule has 0 bridgehead atoms. The number of carbonyl (C=O) groups is 1. The molecule has 3 N–H and O–H groups in total. The Kier molecular flexibility index (Phi) is 2.41. The summed E-state index contributed by atoms with van der Waals surface area (Å²) in [6.07, 6.45) is 0.605. The lowest BCUT2D eigenvalue weighted by molar-refractivity contribution is 0.0693. The Morgan fingerprint density at radius 3 is 2.46 bits per heavy atom. The summed E-state index contributed by atoms with van der Waals surface area (Å²) >= 11 is 0. The molecule has 0 heterocycles. The molecular formula is C9H10O4. The Labute approximate surface area is 75.1 Å². The smallest absolute Gasteiger partial charge is 0.339 e. The molecule has 1 aromatic carbocycles. The second-order valence-corrected chi connectivity index (χ2v) is 2.67. The van der Waals surface area contributed by atoms with Gasteiger partial charge in [0.15, 0.2) is 11.5 Å². The van der Waals surface area contributed by atoms with E-state index in [4.69, 9.17) is 15.3 Å². The molecule has 0 fully saturated rings. The molecule has 1 aromatic rings. The molecule has 0 saturated carbocycles. The number of phenols is 2. The van der Waals surface area contributed by atoms with Crippen molar-refractivity contribution < 1.29 is 20.1 Å². The second-order valence-electron chi connectivity index (χ2n) is 2.67. The van der Waals surface area contributed by atoms with E-state index >= 15 is 0 Å². The molecule has 4 heteroatoms.